The van der Waals surface area contributed by atoms with Crippen molar-refractivity contribution in [3.63, 3.8) is 0 Å². The van der Waals surface area contributed by atoms with Gasteiger partial charge < -0.3 is 5.73 Å². The molecule has 2 rings (SSSR count). The number of likely N-dealkylation sites (tertiary alicyclic amines) is 1. The summed E-state index contributed by atoms with van der Waals surface area (Å²) in [6, 6.07) is 4.07. The van der Waals surface area contributed by atoms with Crippen molar-refractivity contribution in [2.45, 2.75) is 24.1 Å². The maximum Gasteiger partial charge on any atom is 0.0931 e. The number of nitrogens with two attached hydrogens (primary N) is 1. The monoisotopic (exact) mass is 320 g/mol. The van der Waals surface area contributed by atoms with Crippen molar-refractivity contribution in [2.24, 2.45) is 5.73 Å². The van der Waals surface area contributed by atoms with Gasteiger partial charge in [-0.3, -0.25) is 4.90 Å². The molecule has 0 radical (unpaired) electrons. The summed E-state index contributed by atoms with van der Waals surface area (Å²) < 4.78 is 0.877. The second-order valence-electron chi connectivity index (χ2n) is 4.54. The summed E-state index contributed by atoms with van der Waals surface area (Å²) in [5, 5.41) is 0. The maximum absolute atomic E-state index is 5.95. The molecule has 1 aromatic heterocycles. The van der Waals surface area contributed by atoms with Crippen molar-refractivity contribution in [3.8, 4) is 0 Å². The van der Waals surface area contributed by atoms with E-state index in [2.05, 4.69) is 17.2 Å². The first-order chi connectivity index (χ1) is 8.55. The smallest absolute Gasteiger partial charge is 0.0931 e. The topological polar surface area (TPSA) is 29.3 Å². The van der Waals surface area contributed by atoms with Gasteiger partial charge in [-0.15, -0.1) is 11.3 Å². The van der Waals surface area contributed by atoms with Crippen molar-refractivity contribution in [1.29, 1.82) is 0 Å². The quantitative estimate of drug-likeness (QED) is 0.861. The van der Waals surface area contributed by atoms with E-state index in [1.807, 2.05) is 6.07 Å². The number of rotatable bonds is 4. The molecule has 0 bridgehead atoms. The van der Waals surface area contributed by atoms with E-state index in [0.29, 0.717) is 4.99 Å². The van der Waals surface area contributed by atoms with Gasteiger partial charge >= 0.3 is 0 Å². The van der Waals surface area contributed by atoms with E-state index in [4.69, 9.17) is 29.6 Å². The van der Waals surface area contributed by atoms with E-state index in [1.54, 1.807) is 23.1 Å². The van der Waals surface area contributed by atoms with Crippen LogP contribution in [0.3, 0.4) is 0 Å². The minimum atomic E-state index is 0.0128. The molecule has 0 aliphatic carbocycles. The SMILES string of the molecule is CSC1(C(N)=S)CCN(Cc2ccc(Cl)s2)CC1. The zero-order valence-corrected chi connectivity index (χ0v) is 13.5. The highest BCUT2D eigenvalue weighted by Gasteiger charge is 2.36. The number of thiocarbonyl (C=S) groups is 1. The van der Waals surface area contributed by atoms with Crippen molar-refractivity contribution < 1.29 is 0 Å². The standard InChI is InChI=1S/C12H17ClN2S3/c1-17-12(11(14)16)4-6-15(7-5-12)8-9-2-3-10(13)18-9/h2-3H,4-8H2,1H3,(H2,14,16). The molecule has 1 aliphatic heterocycles. The summed E-state index contributed by atoms with van der Waals surface area (Å²) in [5.41, 5.74) is 5.89. The first-order valence-electron chi connectivity index (χ1n) is 5.87. The highest BCUT2D eigenvalue weighted by Crippen LogP contribution is 2.35. The zero-order chi connectivity index (χ0) is 13.2. The fourth-order valence-corrected chi connectivity index (χ4v) is 4.66. The molecule has 0 atom stereocenters. The minimum Gasteiger partial charge on any atom is -0.392 e. The van der Waals surface area contributed by atoms with Crippen LogP contribution in [0.5, 0.6) is 0 Å². The molecule has 2 N–H and O–H groups in total. The summed E-state index contributed by atoms with van der Waals surface area (Å²) in [5.74, 6) is 0. The average molecular weight is 321 g/mol. The number of thiophene rings is 1. The highest BCUT2D eigenvalue weighted by molar-refractivity contribution is 8.02. The van der Waals surface area contributed by atoms with E-state index >= 15 is 0 Å². The molecule has 2 heterocycles. The maximum atomic E-state index is 5.95. The van der Waals surface area contributed by atoms with Crippen molar-refractivity contribution in [2.75, 3.05) is 19.3 Å². The van der Waals surface area contributed by atoms with Crippen LogP contribution in [0.25, 0.3) is 0 Å². The van der Waals surface area contributed by atoms with Crippen LogP contribution in [0.2, 0.25) is 4.34 Å². The highest BCUT2D eigenvalue weighted by atomic mass is 35.5. The van der Waals surface area contributed by atoms with Crippen LogP contribution in [0.4, 0.5) is 0 Å². The Kier molecular flexibility index (Phi) is 4.94. The second kappa shape index (κ2) is 6.09. The van der Waals surface area contributed by atoms with E-state index < -0.39 is 0 Å². The van der Waals surface area contributed by atoms with E-state index in [9.17, 15) is 0 Å². The van der Waals surface area contributed by atoms with Gasteiger partial charge in [-0.05, 0) is 31.2 Å². The first kappa shape index (κ1) is 14.6. The number of nitrogens with zero attached hydrogens (tertiary/aromatic N) is 1. The summed E-state index contributed by atoms with van der Waals surface area (Å²) in [4.78, 5) is 4.44. The van der Waals surface area contributed by atoms with Crippen LogP contribution < -0.4 is 5.73 Å². The molecule has 0 unspecified atom stereocenters. The van der Waals surface area contributed by atoms with Gasteiger partial charge in [0.15, 0.2) is 0 Å². The Hall–Kier alpha value is 0.190. The van der Waals surface area contributed by atoms with Crippen LogP contribution in [0.15, 0.2) is 12.1 Å². The zero-order valence-electron chi connectivity index (χ0n) is 10.3. The van der Waals surface area contributed by atoms with Crippen molar-refractivity contribution in [1.82, 2.24) is 4.90 Å². The minimum absolute atomic E-state index is 0.0128. The van der Waals surface area contributed by atoms with Crippen LogP contribution in [0.1, 0.15) is 17.7 Å². The van der Waals surface area contributed by atoms with Gasteiger partial charge in [0.25, 0.3) is 0 Å². The van der Waals surface area contributed by atoms with Gasteiger partial charge in [-0.2, -0.15) is 11.8 Å². The van der Waals surface area contributed by atoms with Gasteiger partial charge in [0, 0.05) is 24.5 Å². The van der Waals surface area contributed by atoms with E-state index in [1.165, 1.54) is 4.88 Å². The Morgan fingerprint density at radius 2 is 2.22 bits per heavy atom. The lowest BCUT2D eigenvalue weighted by molar-refractivity contribution is 0.214. The average Bonchev–Trinajstić information content (AvgIpc) is 2.76. The Balaban J connectivity index is 1.92. The van der Waals surface area contributed by atoms with E-state index in [0.717, 1.165) is 36.8 Å². The van der Waals surface area contributed by atoms with Crippen LogP contribution in [-0.4, -0.2) is 34.0 Å². The van der Waals surface area contributed by atoms with Crippen molar-refractivity contribution >= 4 is 51.9 Å². The third-order valence-electron chi connectivity index (χ3n) is 3.51. The third-order valence-corrected chi connectivity index (χ3v) is 6.66. The van der Waals surface area contributed by atoms with Crippen molar-refractivity contribution in [3.05, 3.63) is 21.3 Å². The Morgan fingerprint density at radius 3 is 2.67 bits per heavy atom. The molecule has 2 nitrogen and oxygen atoms in total. The molecular formula is C12H17ClN2S3. The first-order valence-corrected chi connectivity index (χ1v) is 8.70. The normalized spacial score (nSPS) is 19.9. The van der Waals surface area contributed by atoms with Gasteiger partial charge in [0.1, 0.15) is 0 Å². The summed E-state index contributed by atoms with van der Waals surface area (Å²) in [6.07, 6.45) is 4.19. The molecule has 6 heteroatoms. The third kappa shape index (κ3) is 3.20. The lowest BCUT2D eigenvalue weighted by Crippen LogP contribution is -2.48. The molecule has 0 amide bonds. The molecule has 18 heavy (non-hydrogen) atoms. The molecule has 100 valence electrons. The van der Waals surface area contributed by atoms with Gasteiger partial charge in [0.2, 0.25) is 0 Å². The predicted octanol–water partition coefficient (Wildman–Crippen LogP) is 3.39. The van der Waals surface area contributed by atoms with Gasteiger partial charge in [-0.25, -0.2) is 0 Å². The molecule has 1 aromatic rings. The summed E-state index contributed by atoms with van der Waals surface area (Å²) in [7, 11) is 0. The number of hydrogen-bond donors (Lipinski definition) is 1. The van der Waals surface area contributed by atoms with Crippen LogP contribution in [0, 0.1) is 0 Å². The lowest BCUT2D eigenvalue weighted by atomic mass is 9.95. The second-order valence-corrected chi connectivity index (χ2v) is 7.97. The van der Waals surface area contributed by atoms with E-state index in [-0.39, 0.29) is 4.75 Å². The summed E-state index contributed by atoms with van der Waals surface area (Å²) >= 11 is 14.6. The molecule has 0 saturated carbocycles. The predicted molar refractivity (Wildman–Crippen MR) is 86.9 cm³/mol. The Labute approximate surface area is 127 Å². The molecule has 1 saturated heterocycles. The fraction of sp³-hybridized carbons (Fsp3) is 0.583. The number of thioether (sulfide) groups is 1. The molecule has 1 fully saturated rings. The van der Waals surface area contributed by atoms with Crippen LogP contribution >= 0.6 is 46.9 Å². The summed E-state index contributed by atoms with van der Waals surface area (Å²) in [6.45, 7) is 3.08. The largest absolute Gasteiger partial charge is 0.392 e. The number of piperidine rings is 1. The molecule has 1 aliphatic rings. The Bertz CT molecular complexity index is 425. The van der Waals surface area contributed by atoms with Gasteiger partial charge in [0.05, 0.1) is 14.1 Å². The number of halogens is 1. The molecule has 0 aromatic carbocycles. The fourth-order valence-electron chi connectivity index (χ4n) is 2.28. The molecule has 0 spiro atoms. The lowest BCUT2D eigenvalue weighted by Gasteiger charge is -2.39. The number of hydrogen-bond acceptors (Lipinski definition) is 4. The van der Waals surface area contributed by atoms with Gasteiger partial charge in [-0.1, -0.05) is 23.8 Å². The Morgan fingerprint density at radius 1 is 1.56 bits per heavy atom. The molecular weight excluding hydrogens is 304 g/mol. The van der Waals surface area contributed by atoms with Crippen LogP contribution in [-0.2, 0) is 6.54 Å².